The second-order valence-electron chi connectivity index (χ2n) is 4.73. The monoisotopic (exact) mass is 250 g/mol. The summed E-state index contributed by atoms with van der Waals surface area (Å²) in [4.78, 5) is 23.2. The Morgan fingerprint density at radius 2 is 2.50 bits per heavy atom. The number of carbonyl (C=O) groups excluding carboxylic acids is 2. The van der Waals surface area contributed by atoms with E-state index in [1.165, 1.54) is 0 Å². The van der Waals surface area contributed by atoms with E-state index in [1.807, 2.05) is 19.2 Å². The molecule has 1 aromatic rings. The fourth-order valence-corrected chi connectivity index (χ4v) is 2.14. The molecule has 1 saturated heterocycles. The van der Waals surface area contributed by atoms with Crippen LogP contribution in [0.3, 0.4) is 0 Å². The summed E-state index contributed by atoms with van der Waals surface area (Å²) in [5, 5.41) is 9.58. The number of hydrogen-bond acceptors (Lipinski definition) is 3. The molecule has 0 radical (unpaired) electrons. The van der Waals surface area contributed by atoms with Gasteiger partial charge in [-0.2, -0.15) is 5.10 Å². The number of amides is 2. The van der Waals surface area contributed by atoms with Crippen LogP contribution in [0.4, 0.5) is 0 Å². The van der Waals surface area contributed by atoms with Crippen molar-refractivity contribution in [1.82, 2.24) is 20.4 Å². The van der Waals surface area contributed by atoms with Crippen molar-refractivity contribution in [2.45, 2.75) is 32.4 Å². The normalized spacial score (nSPS) is 23.5. The molecule has 18 heavy (non-hydrogen) atoms. The molecule has 0 spiro atoms. The maximum atomic E-state index is 11.9. The van der Waals surface area contributed by atoms with Crippen LogP contribution in [-0.4, -0.2) is 34.2 Å². The van der Waals surface area contributed by atoms with Gasteiger partial charge in [0.05, 0.1) is 6.54 Å². The average Bonchev–Trinajstić information content (AvgIpc) is 2.80. The van der Waals surface area contributed by atoms with Crippen LogP contribution >= 0.6 is 0 Å². The summed E-state index contributed by atoms with van der Waals surface area (Å²) in [5.41, 5.74) is 0. The highest BCUT2D eigenvalue weighted by molar-refractivity contribution is 5.88. The lowest BCUT2D eigenvalue weighted by atomic mass is 9.93. The van der Waals surface area contributed by atoms with Crippen molar-refractivity contribution in [2.75, 3.05) is 6.54 Å². The van der Waals surface area contributed by atoms with E-state index >= 15 is 0 Å². The molecule has 0 bridgehead atoms. The van der Waals surface area contributed by atoms with E-state index in [0.29, 0.717) is 25.9 Å². The van der Waals surface area contributed by atoms with Crippen LogP contribution in [0.5, 0.6) is 0 Å². The van der Waals surface area contributed by atoms with Crippen LogP contribution in [0.1, 0.15) is 19.8 Å². The van der Waals surface area contributed by atoms with Gasteiger partial charge in [-0.25, -0.2) is 0 Å². The van der Waals surface area contributed by atoms with Crippen molar-refractivity contribution >= 4 is 11.8 Å². The minimum absolute atomic E-state index is 0.0408. The minimum Gasteiger partial charge on any atom is -0.352 e. The number of nitrogens with one attached hydrogen (secondary N) is 2. The molecule has 6 heteroatoms. The molecule has 2 atom stereocenters. The van der Waals surface area contributed by atoms with Gasteiger partial charge in [-0.05, 0) is 18.4 Å². The summed E-state index contributed by atoms with van der Waals surface area (Å²) in [6, 6.07) is 1.45. The van der Waals surface area contributed by atoms with Crippen molar-refractivity contribution in [3.05, 3.63) is 18.5 Å². The van der Waals surface area contributed by atoms with Gasteiger partial charge in [0.2, 0.25) is 11.8 Å². The third-order valence-electron chi connectivity index (χ3n) is 3.02. The summed E-state index contributed by atoms with van der Waals surface area (Å²) in [6.45, 7) is 3.14. The van der Waals surface area contributed by atoms with Crippen LogP contribution in [-0.2, 0) is 16.1 Å². The highest BCUT2D eigenvalue weighted by Gasteiger charge is 2.28. The lowest BCUT2D eigenvalue weighted by molar-refractivity contribution is -0.132. The van der Waals surface area contributed by atoms with E-state index in [9.17, 15) is 9.59 Å². The maximum Gasteiger partial charge on any atom is 0.242 e. The lowest BCUT2D eigenvalue weighted by Gasteiger charge is -2.26. The van der Waals surface area contributed by atoms with Gasteiger partial charge in [0.1, 0.15) is 6.04 Å². The highest BCUT2D eigenvalue weighted by atomic mass is 16.2. The Bertz CT molecular complexity index is 416. The summed E-state index contributed by atoms with van der Waals surface area (Å²) in [5.74, 6) is 0.114. The van der Waals surface area contributed by atoms with Gasteiger partial charge < -0.3 is 10.6 Å². The number of aromatic nitrogens is 2. The zero-order valence-electron chi connectivity index (χ0n) is 10.4. The molecule has 2 amide bonds. The molecular weight excluding hydrogens is 232 g/mol. The topological polar surface area (TPSA) is 76.0 Å². The molecular formula is C12H18N4O2. The quantitative estimate of drug-likeness (QED) is 0.784. The Morgan fingerprint density at radius 1 is 1.67 bits per heavy atom. The Labute approximate surface area is 106 Å². The molecule has 2 rings (SSSR count). The van der Waals surface area contributed by atoms with Gasteiger partial charge in [-0.1, -0.05) is 6.92 Å². The first-order valence-corrected chi connectivity index (χ1v) is 6.19. The fraction of sp³-hybridized carbons (Fsp3) is 0.583. The molecule has 98 valence electrons. The number of piperidine rings is 1. The zero-order valence-corrected chi connectivity index (χ0v) is 10.4. The molecule has 1 aliphatic heterocycles. The maximum absolute atomic E-state index is 11.9. The Hall–Kier alpha value is -1.85. The fourth-order valence-electron chi connectivity index (χ4n) is 2.14. The second-order valence-corrected chi connectivity index (χ2v) is 4.73. The average molecular weight is 250 g/mol. The van der Waals surface area contributed by atoms with Crippen molar-refractivity contribution in [1.29, 1.82) is 0 Å². The first-order chi connectivity index (χ1) is 8.65. The Balaban J connectivity index is 1.75. The third-order valence-corrected chi connectivity index (χ3v) is 3.02. The predicted octanol–water partition coefficient (Wildman–Crippen LogP) is -0.0860. The number of hydrogen-bond donors (Lipinski definition) is 2. The number of rotatable bonds is 4. The van der Waals surface area contributed by atoms with Crippen molar-refractivity contribution < 1.29 is 9.59 Å². The van der Waals surface area contributed by atoms with Crippen LogP contribution in [0.15, 0.2) is 18.5 Å². The van der Waals surface area contributed by atoms with E-state index in [1.54, 1.807) is 10.9 Å². The largest absolute Gasteiger partial charge is 0.352 e. The van der Waals surface area contributed by atoms with E-state index in [0.717, 1.165) is 0 Å². The van der Waals surface area contributed by atoms with Crippen molar-refractivity contribution in [2.24, 2.45) is 5.92 Å². The molecule has 1 aliphatic rings. The van der Waals surface area contributed by atoms with Gasteiger partial charge in [0.25, 0.3) is 0 Å². The highest BCUT2D eigenvalue weighted by Crippen LogP contribution is 2.15. The van der Waals surface area contributed by atoms with Crippen LogP contribution < -0.4 is 10.6 Å². The molecule has 1 aromatic heterocycles. The smallest absolute Gasteiger partial charge is 0.242 e. The number of nitrogens with zero attached hydrogens (tertiary/aromatic N) is 2. The molecule has 0 aliphatic carbocycles. The standard InChI is InChI=1S/C12H18N4O2/c1-9-7-10(15-11(17)8-9)12(18)13-4-6-16-5-2-3-14-16/h2-3,5,9-10H,4,6-8H2,1H3,(H,13,18)(H,15,17)/t9-,10-/m0/s1. The van der Waals surface area contributed by atoms with Crippen LogP contribution in [0.25, 0.3) is 0 Å². The molecule has 0 saturated carbocycles. The van der Waals surface area contributed by atoms with Gasteiger partial charge >= 0.3 is 0 Å². The van der Waals surface area contributed by atoms with Crippen molar-refractivity contribution in [3.63, 3.8) is 0 Å². The van der Waals surface area contributed by atoms with Gasteiger partial charge in [-0.3, -0.25) is 14.3 Å². The molecule has 0 unspecified atom stereocenters. The summed E-state index contributed by atoms with van der Waals surface area (Å²) in [6.07, 6.45) is 4.76. The molecule has 2 N–H and O–H groups in total. The van der Waals surface area contributed by atoms with Crippen LogP contribution in [0, 0.1) is 5.92 Å². The van der Waals surface area contributed by atoms with Gasteiger partial charge in [-0.15, -0.1) is 0 Å². The molecule has 6 nitrogen and oxygen atoms in total. The predicted molar refractivity (Wildman–Crippen MR) is 65.6 cm³/mol. The molecule has 0 aromatic carbocycles. The second kappa shape index (κ2) is 5.66. The van der Waals surface area contributed by atoms with Crippen LogP contribution in [0.2, 0.25) is 0 Å². The molecule has 2 heterocycles. The lowest BCUT2D eigenvalue weighted by Crippen LogP contribution is -2.51. The van der Waals surface area contributed by atoms with Gasteiger partial charge in [0.15, 0.2) is 0 Å². The summed E-state index contributed by atoms with van der Waals surface area (Å²) < 4.78 is 1.75. The summed E-state index contributed by atoms with van der Waals surface area (Å²) in [7, 11) is 0. The first kappa shape index (κ1) is 12.6. The van der Waals surface area contributed by atoms with E-state index in [-0.39, 0.29) is 23.8 Å². The van der Waals surface area contributed by atoms with E-state index < -0.39 is 0 Å². The Kier molecular flexibility index (Phi) is 3.96. The van der Waals surface area contributed by atoms with Gasteiger partial charge in [0, 0.05) is 25.4 Å². The van der Waals surface area contributed by atoms with E-state index in [2.05, 4.69) is 15.7 Å². The third kappa shape index (κ3) is 3.32. The zero-order chi connectivity index (χ0) is 13.0. The molecule has 1 fully saturated rings. The summed E-state index contributed by atoms with van der Waals surface area (Å²) >= 11 is 0. The number of carbonyl (C=O) groups is 2. The van der Waals surface area contributed by atoms with E-state index in [4.69, 9.17) is 0 Å². The minimum atomic E-state index is -0.390. The Morgan fingerprint density at radius 3 is 3.17 bits per heavy atom. The van der Waals surface area contributed by atoms with Crippen molar-refractivity contribution in [3.8, 4) is 0 Å². The SMILES string of the molecule is C[C@@H]1CC(=O)N[C@H](C(=O)NCCn2cccn2)C1. The first-order valence-electron chi connectivity index (χ1n) is 6.19.